The lowest BCUT2D eigenvalue weighted by molar-refractivity contribution is 0.309. The topological polar surface area (TPSA) is 35.2 Å². The third-order valence-electron chi connectivity index (χ3n) is 2.89. The van der Waals surface area contributed by atoms with Crippen LogP contribution in [-0.2, 0) is 0 Å². The van der Waals surface area contributed by atoms with Crippen LogP contribution in [0.3, 0.4) is 0 Å². The summed E-state index contributed by atoms with van der Waals surface area (Å²) in [5.74, 6) is 4.25. The summed E-state index contributed by atoms with van der Waals surface area (Å²) in [5, 5.41) is 0. The average molecular weight is 237 g/mol. The van der Waals surface area contributed by atoms with Gasteiger partial charge in [-0.05, 0) is 42.7 Å². The first-order valence-electron chi connectivity index (χ1n) is 5.91. The van der Waals surface area contributed by atoms with Crippen molar-refractivity contribution in [3.8, 4) is 5.75 Å². The summed E-state index contributed by atoms with van der Waals surface area (Å²) < 4.78 is 5.80. The molecule has 0 radical (unpaired) electrons. The highest BCUT2D eigenvalue weighted by molar-refractivity contribution is 7.99. The molecule has 1 fully saturated rings. The van der Waals surface area contributed by atoms with Gasteiger partial charge in [-0.25, -0.2) is 0 Å². The van der Waals surface area contributed by atoms with Crippen LogP contribution in [0.2, 0.25) is 0 Å². The van der Waals surface area contributed by atoms with Gasteiger partial charge in [-0.2, -0.15) is 11.8 Å². The smallest absolute Gasteiger partial charge is 0.122 e. The number of thioether (sulfide) groups is 1. The highest BCUT2D eigenvalue weighted by atomic mass is 32.2. The van der Waals surface area contributed by atoms with Crippen molar-refractivity contribution in [1.82, 2.24) is 0 Å². The first-order chi connectivity index (χ1) is 7.92. The molecule has 2 N–H and O–H groups in total. The Balaban J connectivity index is 2.04. The quantitative estimate of drug-likeness (QED) is 0.800. The SMILES string of the molecule is NCCCOc1ccccc1C1CCSC1. The molecule has 1 unspecified atom stereocenters. The van der Waals surface area contributed by atoms with Crippen LogP contribution in [0, 0.1) is 0 Å². The van der Waals surface area contributed by atoms with E-state index in [1.807, 2.05) is 17.8 Å². The number of hydrogen-bond donors (Lipinski definition) is 1. The zero-order chi connectivity index (χ0) is 11.2. The van der Waals surface area contributed by atoms with Crippen LogP contribution in [0.5, 0.6) is 5.75 Å². The molecule has 3 heteroatoms. The van der Waals surface area contributed by atoms with Crippen molar-refractivity contribution in [2.75, 3.05) is 24.7 Å². The van der Waals surface area contributed by atoms with Gasteiger partial charge in [-0.1, -0.05) is 18.2 Å². The molecule has 0 aliphatic carbocycles. The predicted octanol–water partition coefficient (Wildman–Crippen LogP) is 2.63. The highest BCUT2D eigenvalue weighted by Gasteiger charge is 2.20. The summed E-state index contributed by atoms with van der Waals surface area (Å²) >= 11 is 2.04. The van der Waals surface area contributed by atoms with Gasteiger partial charge in [-0.15, -0.1) is 0 Å². The van der Waals surface area contributed by atoms with E-state index < -0.39 is 0 Å². The maximum Gasteiger partial charge on any atom is 0.122 e. The van der Waals surface area contributed by atoms with E-state index in [0.29, 0.717) is 12.5 Å². The van der Waals surface area contributed by atoms with Crippen molar-refractivity contribution in [3.63, 3.8) is 0 Å². The van der Waals surface area contributed by atoms with Gasteiger partial charge in [0.05, 0.1) is 6.61 Å². The van der Waals surface area contributed by atoms with E-state index in [1.165, 1.54) is 23.5 Å². The minimum atomic E-state index is 0.680. The van der Waals surface area contributed by atoms with Crippen LogP contribution in [0.25, 0.3) is 0 Å². The Labute approximate surface area is 102 Å². The monoisotopic (exact) mass is 237 g/mol. The molecule has 0 bridgehead atoms. The molecule has 1 atom stereocenters. The first-order valence-corrected chi connectivity index (χ1v) is 7.07. The Morgan fingerprint density at radius 2 is 2.25 bits per heavy atom. The number of ether oxygens (including phenoxy) is 1. The molecule has 88 valence electrons. The highest BCUT2D eigenvalue weighted by Crippen LogP contribution is 2.36. The van der Waals surface area contributed by atoms with E-state index in [-0.39, 0.29) is 0 Å². The van der Waals surface area contributed by atoms with E-state index in [4.69, 9.17) is 10.5 Å². The molecule has 0 amide bonds. The average Bonchev–Trinajstić information content (AvgIpc) is 2.83. The number of benzene rings is 1. The molecule has 1 heterocycles. The maximum atomic E-state index is 5.80. The number of nitrogens with two attached hydrogens (primary N) is 1. The Kier molecular flexibility index (Phi) is 4.55. The molecule has 16 heavy (non-hydrogen) atoms. The minimum absolute atomic E-state index is 0.680. The maximum absolute atomic E-state index is 5.80. The fourth-order valence-electron chi connectivity index (χ4n) is 1.99. The zero-order valence-corrected chi connectivity index (χ0v) is 10.3. The van der Waals surface area contributed by atoms with Gasteiger partial charge in [0.2, 0.25) is 0 Å². The second-order valence-electron chi connectivity index (χ2n) is 4.09. The van der Waals surface area contributed by atoms with Gasteiger partial charge in [0.25, 0.3) is 0 Å². The summed E-state index contributed by atoms with van der Waals surface area (Å²) in [4.78, 5) is 0. The fourth-order valence-corrected chi connectivity index (χ4v) is 3.24. The molecular weight excluding hydrogens is 218 g/mol. The largest absolute Gasteiger partial charge is 0.493 e. The fraction of sp³-hybridized carbons (Fsp3) is 0.538. The van der Waals surface area contributed by atoms with Crippen LogP contribution < -0.4 is 10.5 Å². The zero-order valence-electron chi connectivity index (χ0n) is 9.52. The molecule has 1 aromatic carbocycles. The Hall–Kier alpha value is -0.670. The van der Waals surface area contributed by atoms with Gasteiger partial charge < -0.3 is 10.5 Å². The van der Waals surface area contributed by atoms with Crippen LogP contribution in [0.15, 0.2) is 24.3 Å². The second kappa shape index (κ2) is 6.16. The second-order valence-corrected chi connectivity index (χ2v) is 5.24. The van der Waals surface area contributed by atoms with Crippen molar-refractivity contribution in [2.24, 2.45) is 5.73 Å². The summed E-state index contributed by atoms with van der Waals surface area (Å²) in [7, 11) is 0. The molecule has 1 aliphatic rings. The van der Waals surface area contributed by atoms with Crippen LogP contribution in [0.1, 0.15) is 24.3 Å². The Morgan fingerprint density at radius 1 is 1.38 bits per heavy atom. The lowest BCUT2D eigenvalue weighted by Crippen LogP contribution is -2.08. The Bertz CT molecular complexity index is 323. The molecule has 1 aliphatic heterocycles. The van der Waals surface area contributed by atoms with Gasteiger partial charge >= 0.3 is 0 Å². The van der Waals surface area contributed by atoms with E-state index in [9.17, 15) is 0 Å². The molecule has 0 saturated carbocycles. The van der Waals surface area contributed by atoms with Crippen molar-refractivity contribution >= 4 is 11.8 Å². The van der Waals surface area contributed by atoms with Gasteiger partial charge in [0, 0.05) is 5.75 Å². The van der Waals surface area contributed by atoms with Gasteiger partial charge in [-0.3, -0.25) is 0 Å². The summed E-state index contributed by atoms with van der Waals surface area (Å²) in [6, 6.07) is 8.43. The van der Waals surface area contributed by atoms with E-state index in [2.05, 4.69) is 18.2 Å². The van der Waals surface area contributed by atoms with E-state index in [0.717, 1.165) is 18.8 Å². The molecular formula is C13H19NOS. The number of para-hydroxylation sites is 1. The van der Waals surface area contributed by atoms with Crippen LogP contribution in [-0.4, -0.2) is 24.7 Å². The van der Waals surface area contributed by atoms with Crippen molar-refractivity contribution in [3.05, 3.63) is 29.8 Å². The van der Waals surface area contributed by atoms with Gasteiger partial charge in [0.1, 0.15) is 5.75 Å². The van der Waals surface area contributed by atoms with Crippen LogP contribution in [0.4, 0.5) is 0 Å². The molecule has 1 saturated heterocycles. The van der Waals surface area contributed by atoms with Crippen molar-refractivity contribution in [1.29, 1.82) is 0 Å². The standard InChI is InChI=1S/C13H19NOS/c14-7-3-8-15-13-5-2-1-4-12(13)11-6-9-16-10-11/h1-2,4-5,11H,3,6-10,14H2. The Morgan fingerprint density at radius 3 is 3.00 bits per heavy atom. The predicted molar refractivity (Wildman–Crippen MR) is 70.3 cm³/mol. The van der Waals surface area contributed by atoms with E-state index >= 15 is 0 Å². The lowest BCUT2D eigenvalue weighted by Gasteiger charge is -2.15. The normalized spacial score (nSPS) is 19.9. The number of rotatable bonds is 5. The molecule has 0 spiro atoms. The molecule has 0 aromatic heterocycles. The summed E-state index contributed by atoms with van der Waals surface area (Å²) in [6.45, 7) is 1.43. The lowest BCUT2D eigenvalue weighted by atomic mass is 9.98. The number of hydrogen-bond acceptors (Lipinski definition) is 3. The van der Waals surface area contributed by atoms with Crippen molar-refractivity contribution < 1.29 is 4.74 Å². The van der Waals surface area contributed by atoms with Gasteiger partial charge in [0.15, 0.2) is 0 Å². The molecule has 2 nitrogen and oxygen atoms in total. The van der Waals surface area contributed by atoms with Crippen molar-refractivity contribution in [2.45, 2.75) is 18.8 Å². The minimum Gasteiger partial charge on any atom is -0.493 e. The summed E-state index contributed by atoms with van der Waals surface area (Å²) in [6.07, 6.45) is 2.20. The third-order valence-corrected chi connectivity index (χ3v) is 4.06. The summed E-state index contributed by atoms with van der Waals surface area (Å²) in [5.41, 5.74) is 6.85. The molecule has 1 aromatic rings. The first kappa shape index (κ1) is 11.8. The van der Waals surface area contributed by atoms with Crippen LogP contribution >= 0.6 is 11.8 Å². The van der Waals surface area contributed by atoms with E-state index in [1.54, 1.807) is 0 Å². The third kappa shape index (κ3) is 2.92. The molecule has 2 rings (SSSR count).